The maximum atomic E-state index is 11.4. The summed E-state index contributed by atoms with van der Waals surface area (Å²) in [5.74, 6) is 0. The minimum Gasteiger partial charge on any atom is -0.244 e. The van der Waals surface area contributed by atoms with E-state index in [1.54, 1.807) is 0 Å². The highest BCUT2D eigenvalue weighted by Gasteiger charge is 2.23. The lowest BCUT2D eigenvalue weighted by atomic mass is 9.98. The first-order valence-electron chi connectivity index (χ1n) is 5.01. The van der Waals surface area contributed by atoms with Gasteiger partial charge in [0.05, 0.1) is 0 Å². The Morgan fingerprint density at radius 3 is 1.47 bits per heavy atom. The third kappa shape index (κ3) is 3.09. The molecule has 0 atom stereocenters. The Hall–Kier alpha value is -0.770. The lowest BCUT2D eigenvalue weighted by molar-refractivity contribution is 0.561. The van der Waals surface area contributed by atoms with E-state index < -0.39 is 0 Å². The lowest BCUT2D eigenvalue weighted by Gasteiger charge is -2.20. The van der Waals surface area contributed by atoms with Gasteiger partial charge in [-0.25, -0.2) is 4.79 Å². The van der Waals surface area contributed by atoms with E-state index >= 15 is 0 Å². The van der Waals surface area contributed by atoms with Gasteiger partial charge in [0.1, 0.15) is 10.0 Å². The second-order valence-corrected chi connectivity index (χ2v) is 6.70. The fourth-order valence-corrected chi connectivity index (χ4v) is 2.02. The van der Waals surface area contributed by atoms with Crippen LogP contribution >= 0.6 is 11.3 Å². The smallest absolute Gasteiger partial charge is 0.244 e. The van der Waals surface area contributed by atoms with Gasteiger partial charge in [-0.3, -0.25) is 0 Å². The minimum atomic E-state index is -0.372. The lowest BCUT2D eigenvalue weighted by Crippen LogP contribution is -2.25. The molecule has 0 fully saturated rings. The Morgan fingerprint density at radius 2 is 1.20 bits per heavy atom. The van der Waals surface area contributed by atoms with E-state index in [1.165, 1.54) is 11.3 Å². The molecule has 0 saturated heterocycles. The summed E-state index contributed by atoms with van der Waals surface area (Å²) in [5.41, 5.74) is -0.553. The molecular weight excluding hydrogens is 208 g/mol. The third-order valence-electron chi connectivity index (χ3n) is 1.87. The largest absolute Gasteiger partial charge is 0.369 e. The minimum absolute atomic E-state index is 0.0905. The van der Waals surface area contributed by atoms with Crippen molar-refractivity contribution in [2.45, 2.75) is 52.4 Å². The van der Waals surface area contributed by atoms with Gasteiger partial charge in [-0.2, -0.15) is 9.97 Å². The number of rotatable bonds is 0. The van der Waals surface area contributed by atoms with Crippen LogP contribution in [0.5, 0.6) is 0 Å². The van der Waals surface area contributed by atoms with Crippen LogP contribution in [0.15, 0.2) is 4.79 Å². The van der Waals surface area contributed by atoms with Crippen molar-refractivity contribution in [3.05, 3.63) is 20.5 Å². The molecule has 1 rings (SSSR count). The summed E-state index contributed by atoms with van der Waals surface area (Å²) in [6.45, 7) is 12.3. The van der Waals surface area contributed by atoms with Gasteiger partial charge >= 0.3 is 5.69 Å². The fourth-order valence-electron chi connectivity index (χ4n) is 0.978. The van der Waals surface area contributed by atoms with E-state index in [0.717, 1.165) is 10.0 Å². The molecule has 1 aromatic rings. The highest BCUT2D eigenvalue weighted by molar-refractivity contribution is 7.11. The monoisotopic (exact) mass is 226 g/mol. The summed E-state index contributed by atoms with van der Waals surface area (Å²) in [4.78, 5) is 19.3. The molecule has 0 saturated carbocycles. The van der Waals surface area contributed by atoms with Gasteiger partial charge in [-0.15, -0.1) is 11.3 Å². The molecule has 0 radical (unpaired) electrons. The molecule has 0 bridgehead atoms. The zero-order valence-corrected chi connectivity index (χ0v) is 11.0. The zero-order chi connectivity index (χ0) is 11.9. The van der Waals surface area contributed by atoms with Crippen molar-refractivity contribution in [1.82, 2.24) is 9.97 Å². The Morgan fingerprint density at radius 1 is 0.867 bits per heavy atom. The SMILES string of the molecule is CC(C)(C)c1nc(=O)nc(C(C)(C)C)s1. The van der Waals surface area contributed by atoms with Gasteiger partial charge in [-0.1, -0.05) is 41.5 Å². The van der Waals surface area contributed by atoms with E-state index in [2.05, 4.69) is 51.5 Å². The van der Waals surface area contributed by atoms with Gasteiger partial charge in [0.15, 0.2) is 0 Å². The normalized spacial score (nSPS) is 12.9. The van der Waals surface area contributed by atoms with Crippen LogP contribution < -0.4 is 5.69 Å². The summed E-state index contributed by atoms with van der Waals surface area (Å²) < 4.78 is 0. The molecule has 84 valence electrons. The predicted octanol–water partition coefficient (Wildman–Crippen LogP) is 2.49. The molecule has 0 aliphatic rings. The molecule has 15 heavy (non-hydrogen) atoms. The van der Waals surface area contributed by atoms with Crippen LogP contribution in [-0.2, 0) is 10.8 Å². The molecule has 1 aromatic heterocycles. The molecule has 3 nitrogen and oxygen atoms in total. The van der Waals surface area contributed by atoms with Crippen LogP contribution in [0.3, 0.4) is 0 Å². The zero-order valence-electron chi connectivity index (χ0n) is 10.2. The molecule has 0 aliphatic carbocycles. The van der Waals surface area contributed by atoms with E-state index in [-0.39, 0.29) is 16.5 Å². The molecule has 0 N–H and O–H groups in total. The van der Waals surface area contributed by atoms with E-state index in [1.807, 2.05) is 0 Å². The summed E-state index contributed by atoms with van der Waals surface area (Å²) in [5, 5.41) is 1.71. The van der Waals surface area contributed by atoms with Crippen molar-refractivity contribution in [2.24, 2.45) is 0 Å². The average Bonchev–Trinajstić information content (AvgIpc) is 1.99. The van der Waals surface area contributed by atoms with Crippen molar-refractivity contribution >= 4 is 11.3 Å². The number of hydrogen-bond donors (Lipinski definition) is 0. The number of aromatic nitrogens is 2. The predicted molar refractivity (Wildman–Crippen MR) is 63.6 cm³/mol. The first-order chi connectivity index (χ1) is 6.60. The number of nitrogens with zero attached hydrogens (tertiary/aromatic N) is 2. The Bertz CT molecular complexity index is 375. The van der Waals surface area contributed by atoms with Gasteiger partial charge in [-0.05, 0) is 0 Å². The Balaban J connectivity index is 3.36. The maximum Gasteiger partial charge on any atom is 0.369 e. The van der Waals surface area contributed by atoms with Crippen LogP contribution in [0, 0.1) is 0 Å². The van der Waals surface area contributed by atoms with Crippen LogP contribution in [0.25, 0.3) is 0 Å². The first-order valence-corrected chi connectivity index (χ1v) is 5.82. The van der Waals surface area contributed by atoms with Gasteiger partial charge in [0.2, 0.25) is 0 Å². The summed E-state index contributed by atoms with van der Waals surface area (Å²) in [7, 11) is 0. The molecular formula is C11H18N2OS. The average molecular weight is 226 g/mol. The van der Waals surface area contributed by atoms with Crippen molar-refractivity contribution in [1.29, 1.82) is 0 Å². The van der Waals surface area contributed by atoms with Gasteiger partial charge in [0, 0.05) is 10.8 Å². The first kappa shape index (κ1) is 12.3. The summed E-state index contributed by atoms with van der Waals surface area (Å²) in [6, 6.07) is 0. The topological polar surface area (TPSA) is 42.9 Å². The fraction of sp³-hybridized carbons (Fsp3) is 0.727. The van der Waals surface area contributed by atoms with E-state index in [9.17, 15) is 4.79 Å². The second kappa shape index (κ2) is 3.67. The highest BCUT2D eigenvalue weighted by atomic mass is 32.1. The van der Waals surface area contributed by atoms with Crippen molar-refractivity contribution in [2.75, 3.05) is 0 Å². The van der Waals surface area contributed by atoms with Crippen LogP contribution in [0.4, 0.5) is 0 Å². The Labute approximate surface area is 94.6 Å². The molecule has 1 heterocycles. The molecule has 0 amide bonds. The summed E-state index contributed by atoms with van der Waals surface area (Å²) >= 11 is 1.53. The Kier molecular flexibility index (Phi) is 3.01. The van der Waals surface area contributed by atoms with E-state index in [4.69, 9.17) is 0 Å². The molecule has 0 aliphatic heterocycles. The third-order valence-corrected chi connectivity index (χ3v) is 3.66. The second-order valence-electron chi connectivity index (χ2n) is 5.72. The molecule has 0 aromatic carbocycles. The van der Waals surface area contributed by atoms with Gasteiger partial charge in [0.25, 0.3) is 0 Å². The maximum absolute atomic E-state index is 11.4. The number of hydrogen-bond acceptors (Lipinski definition) is 4. The van der Waals surface area contributed by atoms with Crippen molar-refractivity contribution in [3.63, 3.8) is 0 Å². The summed E-state index contributed by atoms with van der Waals surface area (Å²) in [6.07, 6.45) is 0. The van der Waals surface area contributed by atoms with Crippen molar-refractivity contribution in [3.8, 4) is 0 Å². The van der Waals surface area contributed by atoms with Crippen LogP contribution in [0.2, 0.25) is 0 Å². The molecule has 4 heteroatoms. The van der Waals surface area contributed by atoms with E-state index in [0.29, 0.717) is 0 Å². The van der Waals surface area contributed by atoms with Gasteiger partial charge < -0.3 is 0 Å². The molecule has 0 spiro atoms. The van der Waals surface area contributed by atoms with Crippen molar-refractivity contribution < 1.29 is 0 Å². The quantitative estimate of drug-likeness (QED) is 0.682. The highest BCUT2D eigenvalue weighted by Crippen LogP contribution is 2.29. The standard InChI is InChI=1S/C11H18N2OS/c1-10(2,3)7-12-9(14)13-8(15-7)11(4,5)6/h1-6H3. The van der Waals surface area contributed by atoms with Crippen LogP contribution in [-0.4, -0.2) is 9.97 Å². The van der Waals surface area contributed by atoms with Crippen LogP contribution in [0.1, 0.15) is 51.6 Å². The molecule has 0 unspecified atom stereocenters.